The van der Waals surface area contributed by atoms with Gasteiger partial charge in [0.05, 0.1) is 4.88 Å². The summed E-state index contributed by atoms with van der Waals surface area (Å²) < 4.78 is 1.05. The summed E-state index contributed by atoms with van der Waals surface area (Å²) in [7, 11) is 0. The fourth-order valence-corrected chi connectivity index (χ4v) is 4.08. The summed E-state index contributed by atoms with van der Waals surface area (Å²) in [4.78, 5) is 14.5. The molecule has 1 aliphatic rings. The number of ketones is 1. The number of carbonyl (C=O) groups excluding carboxylic acids is 1. The van der Waals surface area contributed by atoms with Crippen LogP contribution in [-0.4, -0.2) is 5.78 Å². The van der Waals surface area contributed by atoms with Crippen molar-refractivity contribution in [2.75, 3.05) is 0 Å². The number of benzene rings is 1. The van der Waals surface area contributed by atoms with E-state index in [-0.39, 0.29) is 5.92 Å². The predicted octanol–water partition coefficient (Wildman–Crippen LogP) is 4.42. The second kappa shape index (κ2) is 4.63. The molecular weight excluding hydrogens is 308 g/mol. The van der Waals surface area contributed by atoms with Gasteiger partial charge in [0.1, 0.15) is 0 Å². The highest BCUT2D eigenvalue weighted by Gasteiger charge is 2.28. The Balaban J connectivity index is 1.84. The normalized spacial score (nSPS) is 14.8. The topological polar surface area (TPSA) is 17.1 Å². The lowest BCUT2D eigenvalue weighted by atomic mass is 10.00. The molecule has 3 heteroatoms. The Morgan fingerprint density at radius 2 is 1.89 bits per heavy atom. The maximum atomic E-state index is 12.5. The Labute approximate surface area is 119 Å². The summed E-state index contributed by atoms with van der Waals surface area (Å²) in [5.41, 5.74) is 2.67. The first-order chi connectivity index (χ1) is 8.65. The first-order valence-corrected chi connectivity index (χ1v) is 7.63. The van der Waals surface area contributed by atoms with E-state index in [9.17, 15) is 4.79 Å². The number of hydrogen-bond donors (Lipinski definition) is 0. The van der Waals surface area contributed by atoms with Crippen molar-refractivity contribution in [3.8, 4) is 0 Å². The molecule has 2 aromatic rings. The number of Topliss-reactive ketones (excluding diaryl/α,β-unsaturated/α-hetero) is 1. The van der Waals surface area contributed by atoms with Crippen LogP contribution in [0.1, 0.15) is 25.7 Å². The minimum atomic E-state index is 0.132. The summed E-state index contributed by atoms with van der Waals surface area (Å²) in [6, 6.07) is 10.3. The lowest BCUT2D eigenvalue weighted by Crippen LogP contribution is -2.13. The molecule has 0 aliphatic heterocycles. The molecule has 0 bridgehead atoms. The van der Waals surface area contributed by atoms with E-state index in [1.54, 1.807) is 11.3 Å². The van der Waals surface area contributed by atoms with Gasteiger partial charge in [0.15, 0.2) is 5.78 Å². The molecule has 92 valence electrons. The summed E-state index contributed by atoms with van der Waals surface area (Å²) >= 11 is 5.07. The molecular formula is C15H13BrOS. The van der Waals surface area contributed by atoms with Gasteiger partial charge in [-0.05, 0) is 52.9 Å². The van der Waals surface area contributed by atoms with E-state index in [4.69, 9.17) is 0 Å². The van der Waals surface area contributed by atoms with Crippen molar-refractivity contribution >= 4 is 33.0 Å². The van der Waals surface area contributed by atoms with Crippen molar-refractivity contribution in [2.24, 2.45) is 5.92 Å². The maximum Gasteiger partial charge on any atom is 0.176 e. The highest BCUT2D eigenvalue weighted by atomic mass is 79.9. The van der Waals surface area contributed by atoms with Crippen LogP contribution in [0, 0.1) is 12.8 Å². The second-order valence-electron chi connectivity index (χ2n) is 4.75. The van der Waals surface area contributed by atoms with Crippen LogP contribution in [0.5, 0.6) is 0 Å². The molecule has 0 saturated carbocycles. The van der Waals surface area contributed by atoms with E-state index in [0.717, 1.165) is 22.2 Å². The first kappa shape index (κ1) is 12.1. The molecule has 3 rings (SSSR count). The van der Waals surface area contributed by atoms with E-state index in [0.29, 0.717) is 5.78 Å². The Kier molecular flexibility index (Phi) is 3.12. The lowest BCUT2D eigenvalue weighted by molar-refractivity contribution is 0.0929. The fraction of sp³-hybridized carbons (Fsp3) is 0.267. The molecule has 1 aromatic heterocycles. The van der Waals surface area contributed by atoms with Crippen LogP contribution in [0.15, 0.2) is 34.8 Å². The third-order valence-electron chi connectivity index (χ3n) is 3.52. The highest BCUT2D eigenvalue weighted by molar-refractivity contribution is 9.10. The monoisotopic (exact) mass is 320 g/mol. The van der Waals surface area contributed by atoms with Gasteiger partial charge in [0.25, 0.3) is 0 Å². The van der Waals surface area contributed by atoms with Crippen molar-refractivity contribution in [2.45, 2.75) is 19.8 Å². The Bertz CT molecular complexity index is 570. The average molecular weight is 321 g/mol. The Morgan fingerprint density at radius 3 is 2.39 bits per heavy atom. The van der Waals surface area contributed by atoms with Crippen LogP contribution in [-0.2, 0) is 12.8 Å². The van der Waals surface area contributed by atoms with Gasteiger partial charge in [-0.25, -0.2) is 0 Å². The number of fused-ring (bicyclic) bond motifs is 1. The van der Waals surface area contributed by atoms with E-state index in [1.807, 2.05) is 13.0 Å². The average Bonchev–Trinajstić information content (AvgIpc) is 2.93. The molecule has 0 spiro atoms. The van der Waals surface area contributed by atoms with Gasteiger partial charge in [-0.3, -0.25) is 4.79 Å². The van der Waals surface area contributed by atoms with E-state index in [2.05, 4.69) is 40.2 Å². The highest BCUT2D eigenvalue weighted by Crippen LogP contribution is 2.33. The van der Waals surface area contributed by atoms with Gasteiger partial charge in [0, 0.05) is 15.3 Å². The van der Waals surface area contributed by atoms with Crippen LogP contribution in [0.3, 0.4) is 0 Å². The van der Waals surface area contributed by atoms with E-state index < -0.39 is 0 Å². The SMILES string of the molecule is Cc1sc(C(=O)C2Cc3ccccc3C2)cc1Br. The van der Waals surface area contributed by atoms with Gasteiger partial charge >= 0.3 is 0 Å². The zero-order valence-electron chi connectivity index (χ0n) is 10.1. The quantitative estimate of drug-likeness (QED) is 0.749. The van der Waals surface area contributed by atoms with Gasteiger partial charge in [-0.1, -0.05) is 24.3 Å². The van der Waals surface area contributed by atoms with Gasteiger partial charge in [-0.2, -0.15) is 0 Å². The van der Waals surface area contributed by atoms with Gasteiger partial charge in [-0.15, -0.1) is 11.3 Å². The Hall–Kier alpha value is -0.930. The third kappa shape index (κ3) is 2.06. The van der Waals surface area contributed by atoms with Gasteiger partial charge in [0.2, 0.25) is 0 Å². The molecule has 18 heavy (non-hydrogen) atoms. The van der Waals surface area contributed by atoms with Crippen molar-refractivity contribution in [3.05, 3.63) is 55.7 Å². The predicted molar refractivity (Wildman–Crippen MR) is 78.4 cm³/mol. The van der Waals surface area contributed by atoms with Crippen molar-refractivity contribution in [1.29, 1.82) is 0 Å². The zero-order chi connectivity index (χ0) is 12.7. The smallest absolute Gasteiger partial charge is 0.176 e. The fourth-order valence-electron chi connectivity index (χ4n) is 2.53. The van der Waals surface area contributed by atoms with Crippen LogP contribution in [0.2, 0.25) is 0 Å². The summed E-state index contributed by atoms with van der Waals surface area (Å²) in [6.45, 7) is 2.04. The minimum Gasteiger partial charge on any atom is -0.293 e. The van der Waals surface area contributed by atoms with Crippen LogP contribution in [0.4, 0.5) is 0 Å². The molecule has 0 unspecified atom stereocenters. The third-order valence-corrected chi connectivity index (χ3v) is 5.67. The Morgan fingerprint density at radius 1 is 1.28 bits per heavy atom. The second-order valence-corrected chi connectivity index (χ2v) is 6.86. The molecule has 0 radical (unpaired) electrons. The number of halogens is 1. The van der Waals surface area contributed by atoms with Crippen LogP contribution < -0.4 is 0 Å². The number of thiophene rings is 1. The molecule has 0 N–H and O–H groups in total. The summed E-state index contributed by atoms with van der Waals surface area (Å²) in [5.74, 6) is 0.428. The van der Waals surface area contributed by atoms with Crippen LogP contribution in [0.25, 0.3) is 0 Å². The number of aryl methyl sites for hydroxylation is 1. The first-order valence-electron chi connectivity index (χ1n) is 6.02. The van der Waals surface area contributed by atoms with Gasteiger partial charge < -0.3 is 0 Å². The maximum absolute atomic E-state index is 12.5. The van der Waals surface area contributed by atoms with Crippen molar-refractivity contribution in [3.63, 3.8) is 0 Å². The number of hydrogen-bond acceptors (Lipinski definition) is 2. The van der Waals surface area contributed by atoms with Crippen molar-refractivity contribution < 1.29 is 4.79 Å². The molecule has 1 nitrogen and oxygen atoms in total. The largest absolute Gasteiger partial charge is 0.293 e. The summed E-state index contributed by atoms with van der Waals surface area (Å²) in [6.07, 6.45) is 1.78. The standard InChI is InChI=1S/C15H13BrOS/c1-9-13(16)8-14(18-9)15(17)12-6-10-4-2-3-5-11(10)7-12/h2-5,8,12H,6-7H2,1H3. The summed E-state index contributed by atoms with van der Waals surface area (Å²) in [5, 5.41) is 0. The van der Waals surface area contributed by atoms with E-state index in [1.165, 1.54) is 16.0 Å². The van der Waals surface area contributed by atoms with Crippen molar-refractivity contribution in [1.82, 2.24) is 0 Å². The lowest BCUT2D eigenvalue weighted by Gasteiger charge is -2.05. The molecule has 1 heterocycles. The van der Waals surface area contributed by atoms with Crippen LogP contribution >= 0.6 is 27.3 Å². The van der Waals surface area contributed by atoms with E-state index >= 15 is 0 Å². The molecule has 0 fully saturated rings. The molecule has 0 amide bonds. The molecule has 1 aromatic carbocycles. The molecule has 0 atom stereocenters. The number of rotatable bonds is 2. The minimum absolute atomic E-state index is 0.132. The zero-order valence-corrected chi connectivity index (χ0v) is 12.5. The molecule has 1 aliphatic carbocycles. The molecule has 0 saturated heterocycles. The number of carbonyl (C=O) groups is 1.